The summed E-state index contributed by atoms with van der Waals surface area (Å²) in [4.78, 5) is 15.0. The fourth-order valence-electron chi connectivity index (χ4n) is 12.2. The molecule has 440 valence electrons. The fraction of sp³-hybridized carbons (Fsp3) is 0.0854. The van der Waals surface area contributed by atoms with Crippen molar-refractivity contribution in [3.05, 3.63) is 291 Å². The Labute approximate surface area is 545 Å². The molecule has 1 saturated heterocycles. The molecular weight excluding hydrogens is 1290 g/mol. The minimum Gasteiger partial charge on any atom is -0.456 e. The van der Waals surface area contributed by atoms with Crippen LogP contribution in [0.4, 0.5) is 0 Å². The molecule has 0 bridgehead atoms. The zero-order valence-corrected chi connectivity index (χ0v) is 53.1. The van der Waals surface area contributed by atoms with Crippen LogP contribution in [0, 0.1) is 0 Å². The van der Waals surface area contributed by atoms with E-state index in [9.17, 15) is 0 Å². The van der Waals surface area contributed by atoms with Crippen molar-refractivity contribution >= 4 is 56.5 Å². The third-order valence-electron chi connectivity index (χ3n) is 17.5. The maximum atomic E-state index is 6.51. The van der Waals surface area contributed by atoms with Crippen molar-refractivity contribution in [1.82, 2.24) is 15.0 Å². The molecule has 16 rings (SSSR count). The molecule has 12 aromatic carbocycles. The largest absolute Gasteiger partial charge is 0.495 e. The first-order valence-corrected chi connectivity index (χ1v) is 30.2. The van der Waals surface area contributed by atoms with Gasteiger partial charge in [0.25, 0.3) is 0 Å². The molecule has 0 unspecified atom stereocenters. The molecule has 1 aliphatic heterocycles. The normalized spacial score (nSPS) is 13.2. The molecule has 0 atom stereocenters. The number of furan rings is 2. The van der Waals surface area contributed by atoms with Crippen molar-refractivity contribution in [2.75, 3.05) is 0 Å². The van der Waals surface area contributed by atoms with Gasteiger partial charge in [-0.25, -0.2) is 15.0 Å². The molecule has 0 N–H and O–H groups in total. The Balaban J connectivity index is 0.000000166. The molecular formula is C82H64BN3O4W. The summed E-state index contributed by atoms with van der Waals surface area (Å²) in [5.41, 5.74) is 20.2. The van der Waals surface area contributed by atoms with Gasteiger partial charge in [0, 0.05) is 59.3 Å². The topological polar surface area (TPSA) is 83.4 Å². The van der Waals surface area contributed by atoms with Crippen molar-refractivity contribution in [3.63, 3.8) is 0 Å². The Morgan fingerprint density at radius 3 is 0.967 bits per heavy atom. The van der Waals surface area contributed by atoms with E-state index in [2.05, 4.69) is 210 Å². The van der Waals surface area contributed by atoms with Crippen LogP contribution in [-0.2, 0) is 30.4 Å². The number of aromatic nitrogens is 3. The first kappa shape index (κ1) is 59.9. The summed E-state index contributed by atoms with van der Waals surface area (Å²) in [5, 5.41) is 4.14. The average molecular weight is 1350 g/mol. The maximum Gasteiger partial charge on any atom is 0.495 e. The first-order chi connectivity index (χ1) is 43.6. The predicted octanol–water partition coefficient (Wildman–Crippen LogP) is 21.3. The number of nitrogens with zero attached hydrogens (tertiary/aromatic N) is 3. The van der Waals surface area contributed by atoms with Gasteiger partial charge in [0.2, 0.25) is 0 Å². The third-order valence-corrected chi connectivity index (χ3v) is 17.5. The van der Waals surface area contributed by atoms with Crippen LogP contribution in [0.2, 0.25) is 0 Å². The van der Waals surface area contributed by atoms with Crippen molar-refractivity contribution < 1.29 is 39.2 Å². The Hall–Kier alpha value is -10.1. The van der Waals surface area contributed by atoms with E-state index in [1.54, 1.807) is 0 Å². The minimum absolute atomic E-state index is 0. The van der Waals surface area contributed by atoms with E-state index in [4.69, 9.17) is 33.1 Å². The van der Waals surface area contributed by atoms with Crippen molar-refractivity contribution in [2.45, 2.75) is 46.3 Å². The minimum atomic E-state index is -0.475. The van der Waals surface area contributed by atoms with Crippen LogP contribution in [0.3, 0.4) is 0 Å². The van der Waals surface area contributed by atoms with Gasteiger partial charge in [-0.05, 0) is 136 Å². The van der Waals surface area contributed by atoms with Crippen LogP contribution < -0.4 is 5.46 Å². The van der Waals surface area contributed by atoms with Crippen LogP contribution in [0.25, 0.3) is 145 Å². The Kier molecular flexibility index (Phi) is 16.5. The van der Waals surface area contributed by atoms with Gasteiger partial charge in [-0.1, -0.05) is 262 Å². The van der Waals surface area contributed by atoms with E-state index in [1.165, 1.54) is 38.9 Å². The Bertz CT molecular complexity index is 5000. The van der Waals surface area contributed by atoms with Crippen LogP contribution >= 0.6 is 0 Å². The molecule has 15 aromatic rings. The number of rotatable bonds is 10. The molecule has 7 nitrogen and oxygen atoms in total. The van der Waals surface area contributed by atoms with Gasteiger partial charge in [-0.3, -0.25) is 0 Å². The van der Waals surface area contributed by atoms with Gasteiger partial charge in [-0.15, -0.1) is 0 Å². The summed E-state index contributed by atoms with van der Waals surface area (Å²) in [5.74, 6) is 1.85. The van der Waals surface area contributed by atoms with Crippen LogP contribution in [-0.4, -0.2) is 33.3 Å². The summed E-state index contributed by atoms with van der Waals surface area (Å²) >= 11 is 0. The molecule has 91 heavy (non-hydrogen) atoms. The number of fused-ring (bicyclic) bond motifs is 6. The first-order valence-electron chi connectivity index (χ1n) is 30.2. The number of benzene rings is 12. The molecule has 0 aliphatic carbocycles. The summed E-state index contributed by atoms with van der Waals surface area (Å²) in [6.07, 6.45) is 0. The van der Waals surface area contributed by atoms with Crippen molar-refractivity contribution in [3.8, 4) is 101 Å². The second-order valence-corrected chi connectivity index (χ2v) is 23.6. The molecule has 0 saturated carbocycles. The summed E-state index contributed by atoms with van der Waals surface area (Å²) in [7, 11) is -0.475. The zero-order chi connectivity index (χ0) is 60.1. The van der Waals surface area contributed by atoms with Crippen LogP contribution in [0.15, 0.2) is 300 Å². The van der Waals surface area contributed by atoms with E-state index in [-0.39, 0.29) is 28.5 Å². The van der Waals surface area contributed by atoms with E-state index in [1.807, 2.05) is 109 Å². The van der Waals surface area contributed by atoms with Gasteiger partial charge in [-0.2, -0.15) is 0 Å². The molecule has 0 radical (unpaired) electrons. The number of hydrogen-bond acceptors (Lipinski definition) is 7. The van der Waals surface area contributed by atoms with Crippen molar-refractivity contribution in [2.24, 2.45) is 0 Å². The Morgan fingerprint density at radius 1 is 0.264 bits per heavy atom. The molecule has 1 fully saturated rings. The molecule has 0 amide bonds. The van der Waals surface area contributed by atoms with Crippen LogP contribution in [0.1, 0.15) is 35.1 Å². The van der Waals surface area contributed by atoms with Gasteiger partial charge in [0.1, 0.15) is 22.3 Å². The number of hydrogen-bond donors (Lipinski definition) is 0. The van der Waals surface area contributed by atoms with Gasteiger partial charge in [0.15, 0.2) is 17.5 Å². The van der Waals surface area contributed by atoms with Gasteiger partial charge < -0.3 is 18.1 Å². The van der Waals surface area contributed by atoms with Gasteiger partial charge in [0.05, 0.1) is 11.2 Å². The molecule has 3 aromatic heterocycles. The Morgan fingerprint density at radius 2 is 0.549 bits per heavy atom. The third kappa shape index (κ3) is 11.6. The standard InChI is InChI=1S/C45H29N3O.C36H31BO3.CH4.W/c1-4-13-30(14-5-1)31-25-27-32(28-26-31)35-19-10-20-36(29-35)37-21-11-23-39-41(37)42-38(22-12-24-40(42)49-39)45-47-43(33-15-6-2-7-16-33)46-44(48-45)34-17-8-3-9-18-34;1-35(2)36(3,4)40-37(39-35)30-16-10-18-32-34(30)33-29(15-9-17-31(33)38-32)28-14-8-13-27(23-28)26-21-19-25(20-22-26)24-11-6-5-7-12-24;;/h1-29H;5-23H,1-4H3;1H4;. The van der Waals surface area contributed by atoms with E-state index >= 15 is 0 Å². The van der Waals surface area contributed by atoms with E-state index in [0.29, 0.717) is 17.5 Å². The predicted molar refractivity (Wildman–Crippen MR) is 372 cm³/mol. The second-order valence-electron chi connectivity index (χ2n) is 23.6. The van der Waals surface area contributed by atoms with E-state index < -0.39 is 18.3 Å². The summed E-state index contributed by atoms with van der Waals surface area (Å²) in [6.45, 7) is 8.35. The van der Waals surface area contributed by atoms with E-state index in [0.717, 1.165) is 93.8 Å². The smallest absolute Gasteiger partial charge is 0.456 e. The van der Waals surface area contributed by atoms with Gasteiger partial charge >= 0.3 is 7.12 Å². The summed E-state index contributed by atoms with van der Waals surface area (Å²) < 4.78 is 25.8. The fourth-order valence-corrected chi connectivity index (χ4v) is 12.2. The zero-order valence-electron chi connectivity index (χ0n) is 50.2. The second kappa shape index (κ2) is 25.1. The monoisotopic (exact) mass is 1350 g/mol. The average Bonchev–Trinajstić information content (AvgIpc) is 1.67. The molecule has 4 heterocycles. The summed E-state index contributed by atoms with van der Waals surface area (Å²) in [6, 6.07) is 101. The molecule has 1 aliphatic rings. The SMILES string of the molecule is C.CC1(C)OB(c2cccc3oc4cccc(-c5cccc(-c6ccc(-c7ccccc7)cc6)c5)c4c23)OC1(C)C.[W].c1ccc(-c2ccc(-c3cccc(-c4cccc5oc6cccc(-c7nc(-c8ccccc8)nc(-c8ccccc8)n7)c6c45)c3)cc2)cc1. The molecule has 0 spiro atoms. The molecule has 9 heteroatoms. The van der Waals surface area contributed by atoms with Crippen molar-refractivity contribution in [1.29, 1.82) is 0 Å². The quantitative estimate of drug-likeness (QED) is 0.126. The van der Waals surface area contributed by atoms with Crippen LogP contribution in [0.5, 0.6) is 0 Å². The maximum absolute atomic E-state index is 6.51.